The second kappa shape index (κ2) is 9.63. The van der Waals surface area contributed by atoms with E-state index in [1.807, 2.05) is 48.7 Å². The Hall–Kier alpha value is -3.50. The molecule has 1 aromatic carbocycles. The van der Waals surface area contributed by atoms with Crippen molar-refractivity contribution >= 4 is 39.1 Å². The van der Waals surface area contributed by atoms with Crippen molar-refractivity contribution in [1.82, 2.24) is 25.3 Å². The largest absolute Gasteiger partial charge is 0.365 e. The quantitative estimate of drug-likeness (QED) is 0.394. The number of pyridine rings is 1. The van der Waals surface area contributed by atoms with Crippen molar-refractivity contribution in [2.75, 3.05) is 54.4 Å². The predicted octanol–water partition coefficient (Wildman–Crippen LogP) is 2.93. The summed E-state index contributed by atoms with van der Waals surface area (Å²) in [7, 11) is 0. The first-order valence-electron chi connectivity index (χ1n) is 12.1. The Labute approximate surface area is 207 Å². The molecule has 2 saturated heterocycles. The molecule has 180 valence electrons. The highest BCUT2D eigenvalue weighted by molar-refractivity contribution is 7.21. The fraction of sp³-hybridized carbons (Fsp3) is 0.360. The molecule has 6 rings (SSSR count). The van der Waals surface area contributed by atoms with Gasteiger partial charge in [-0.25, -0.2) is 9.97 Å². The van der Waals surface area contributed by atoms with Crippen LogP contribution in [0.5, 0.6) is 0 Å². The third-order valence-corrected chi connectivity index (χ3v) is 7.66. The van der Waals surface area contributed by atoms with E-state index in [-0.39, 0.29) is 11.6 Å². The highest BCUT2D eigenvalue weighted by atomic mass is 32.1. The van der Waals surface area contributed by atoms with E-state index in [0.717, 1.165) is 68.1 Å². The van der Waals surface area contributed by atoms with Gasteiger partial charge in [0.1, 0.15) is 22.2 Å². The minimum absolute atomic E-state index is 0.160. The number of rotatable bonds is 5. The highest BCUT2D eigenvalue weighted by Crippen LogP contribution is 2.32. The summed E-state index contributed by atoms with van der Waals surface area (Å²) in [6.45, 7) is 5.02. The zero-order valence-corrected chi connectivity index (χ0v) is 20.2. The lowest BCUT2D eigenvalue weighted by Gasteiger charge is -2.36. The van der Waals surface area contributed by atoms with Crippen LogP contribution in [-0.2, 0) is 0 Å². The molecule has 3 aromatic heterocycles. The number of thiazole rings is 1. The number of H-pyrrole nitrogens is 1. The number of aromatic nitrogens is 4. The molecule has 0 radical (unpaired) electrons. The van der Waals surface area contributed by atoms with Crippen molar-refractivity contribution in [3.8, 4) is 10.6 Å². The molecule has 1 unspecified atom stereocenters. The Balaban J connectivity index is 1.32. The van der Waals surface area contributed by atoms with Gasteiger partial charge in [-0.05, 0) is 43.7 Å². The Morgan fingerprint density at radius 1 is 1.00 bits per heavy atom. The predicted molar refractivity (Wildman–Crippen MR) is 142 cm³/mol. The summed E-state index contributed by atoms with van der Waals surface area (Å²) in [5.41, 5.74) is 1.26. The van der Waals surface area contributed by atoms with Crippen molar-refractivity contribution < 1.29 is 0 Å². The minimum atomic E-state index is -0.160. The SMILES string of the molecule is O=c1[nH]c(N2CCN(c3ccccn3)CC2)nc(NC2CCCNC2)c1-c1nc2ccccc2s1. The number of benzene rings is 1. The van der Waals surface area contributed by atoms with Gasteiger partial charge in [-0.3, -0.25) is 9.78 Å². The van der Waals surface area contributed by atoms with Crippen LogP contribution in [0.4, 0.5) is 17.6 Å². The van der Waals surface area contributed by atoms with Crippen LogP contribution in [0.25, 0.3) is 20.8 Å². The summed E-state index contributed by atoms with van der Waals surface area (Å²) in [4.78, 5) is 35.1. The molecule has 1 atom stereocenters. The molecule has 35 heavy (non-hydrogen) atoms. The minimum Gasteiger partial charge on any atom is -0.365 e. The lowest BCUT2D eigenvalue weighted by molar-refractivity contribution is 0.479. The Morgan fingerprint density at radius 2 is 1.83 bits per heavy atom. The van der Waals surface area contributed by atoms with Crippen LogP contribution in [0.2, 0.25) is 0 Å². The van der Waals surface area contributed by atoms with E-state index in [0.29, 0.717) is 22.3 Å². The van der Waals surface area contributed by atoms with E-state index >= 15 is 0 Å². The lowest BCUT2D eigenvalue weighted by Crippen LogP contribution is -2.48. The van der Waals surface area contributed by atoms with Gasteiger partial charge in [0.25, 0.3) is 5.56 Å². The molecule has 0 aliphatic carbocycles. The molecule has 4 aromatic rings. The molecule has 3 N–H and O–H groups in total. The van der Waals surface area contributed by atoms with Gasteiger partial charge in [-0.1, -0.05) is 18.2 Å². The van der Waals surface area contributed by atoms with Gasteiger partial charge >= 0.3 is 0 Å². The van der Waals surface area contributed by atoms with E-state index in [4.69, 9.17) is 9.97 Å². The first kappa shape index (κ1) is 22.0. The van der Waals surface area contributed by atoms with Gasteiger partial charge in [0.15, 0.2) is 0 Å². The number of hydrogen-bond donors (Lipinski definition) is 3. The van der Waals surface area contributed by atoms with Gasteiger partial charge in [-0.15, -0.1) is 11.3 Å². The van der Waals surface area contributed by atoms with Crippen LogP contribution in [0.3, 0.4) is 0 Å². The molecule has 2 aliphatic rings. The van der Waals surface area contributed by atoms with Crippen molar-refractivity contribution in [3.05, 3.63) is 59.0 Å². The van der Waals surface area contributed by atoms with E-state index in [2.05, 4.69) is 30.4 Å². The summed E-state index contributed by atoms with van der Waals surface area (Å²) in [5, 5.41) is 7.70. The number of nitrogens with zero attached hydrogens (tertiary/aromatic N) is 5. The van der Waals surface area contributed by atoms with Crippen molar-refractivity contribution in [1.29, 1.82) is 0 Å². The molecule has 5 heterocycles. The number of piperazine rings is 1. The normalized spacial score (nSPS) is 18.7. The molecule has 0 amide bonds. The lowest BCUT2D eigenvalue weighted by atomic mass is 10.1. The maximum Gasteiger partial charge on any atom is 0.264 e. The van der Waals surface area contributed by atoms with Gasteiger partial charge in [0.2, 0.25) is 5.95 Å². The van der Waals surface area contributed by atoms with Gasteiger partial charge in [0, 0.05) is 45.0 Å². The fourth-order valence-corrected chi connectivity index (χ4v) is 5.76. The van der Waals surface area contributed by atoms with E-state index < -0.39 is 0 Å². The Bertz CT molecular complexity index is 1320. The number of aromatic amines is 1. The number of piperidine rings is 1. The van der Waals surface area contributed by atoms with Crippen LogP contribution >= 0.6 is 11.3 Å². The number of nitrogens with one attached hydrogen (secondary N) is 3. The molecule has 10 heteroatoms. The molecule has 9 nitrogen and oxygen atoms in total. The van der Waals surface area contributed by atoms with E-state index in [1.165, 1.54) is 11.3 Å². The first-order chi connectivity index (χ1) is 17.2. The summed E-state index contributed by atoms with van der Waals surface area (Å²) >= 11 is 1.53. The summed E-state index contributed by atoms with van der Waals surface area (Å²) in [5.74, 6) is 2.20. The van der Waals surface area contributed by atoms with E-state index in [9.17, 15) is 4.79 Å². The van der Waals surface area contributed by atoms with Crippen LogP contribution in [0.15, 0.2) is 53.5 Å². The number of para-hydroxylation sites is 1. The molecular weight excluding hydrogens is 460 g/mol. The van der Waals surface area contributed by atoms with Gasteiger partial charge < -0.3 is 20.4 Å². The van der Waals surface area contributed by atoms with Crippen molar-refractivity contribution in [3.63, 3.8) is 0 Å². The maximum absolute atomic E-state index is 13.5. The summed E-state index contributed by atoms with van der Waals surface area (Å²) < 4.78 is 1.06. The maximum atomic E-state index is 13.5. The smallest absolute Gasteiger partial charge is 0.264 e. The number of fused-ring (bicyclic) bond motifs is 1. The van der Waals surface area contributed by atoms with Crippen LogP contribution in [0, 0.1) is 0 Å². The van der Waals surface area contributed by atoms with Crippen molar-refractivity contribution in [2.45, 2.75) is 18.9 Å². The second-order valence-corrected chi connectivity index (χ2v) is 9.98. The van der Waals surface area contributed by atoms with Crippen LogP contribution in [0.1, 0.15) is 12.8 Å². The fourth-order valence-electron chi connectivity index (χ4n) is 4.75. The van der Waals surface area contributed by atoms with Crippen molar-refractivity contribution in [2.24, 2.45) is 0 Å². The molecular formula is C25H28N8OS. The zero-order chi connectivity index (χ0) is 23.6. The third kappa shape index (κ3) is 4.59. The first-order valence-corrected chi connectivity index (χ1v) is 12.9. The van der Waals surface area contributed by atoms with Gasteiger partial charge in [0.05, 0.1) is 10.2 Å². The molecule has 2 fully saturated rings. The summed E-state index contributed by atoms with van der Waals surface area (Å²) in [6, 6.07) is 14.2. The average Bonchev–Trinajstić information content (AvgIpc) is 3.33. The third-order valence-electron chi connectivity index (χ3n) is 6.60. The molecule has 0 spiro atoms. The van der Waals surface area contributed by atoms with Crippen LogP contribution in [-0.4, -0.2) is 65.2 Å². The van der Waals surface area contributed by atoms with Crippen LogP contribution < -0.4 is 26.0 Å². The summed E-state index contributed by atoms with van der Waals surface area (Å²) in [6.07, 6.45) is 3.96. The highest BCUT2D eigenvalue weighted by Gasteiger charge is 2.25. The standard InChI is InChI=1S/C25H28N8OS/c34-23-21(24-29-18-7-1-2-8-19(18)35-24)22(28-17-6-5-10-26-16-17)30-25(31-23)33-14-12-32(13-15-33)20-9-3-4-11-27-20/h1-4,7-9,11,17,26H,5-6,10,12-16H2,(H2,28,30,31,34). The van der Waals surface area contributed by atoms with E-state index in [1.54, 1.807) is 0 Å². The Morgan fingerprint density at radius 3 is 2.60 bits per heavy atom. The second-order valence-electron chi connectivity index (χ2n) is 8.95. The Kier molecular flexibility index (Phi) is 6.05. The monoisotopic (exact) mass is 488 g/mol. The van der Waals surface area contributed by atoms with Gasteiger partial charge in [-0.2, -0.15) is 4.98 Å². The zero-order valence-electron chi connectivity index (χ0n) is 19.4. The molecule has 0 bridgehead atoms. The molecule has 0 saturated carbocycles. The molecule has 2 aliphatic heterocycles. The average molecular weight is 489 g/mol. The number of anilines is 3. The topological polar surface area (TPSA) is 102 Å². The number of hydrogen-bond acceptors (Lipinski definition) is 9.